The molecule has 7 nitrogen and oxygen atoms in total. The Bertz CT molecular complexity index is 641. The van der Waals surface area contributed by atoms with E-state index in [4.69, 9.17) is 4.74 Å². The average molecular weight is 390 g/mol. The third-order valence-corrected chi connectivity index (χ3v) is 5.01. The van der Waals surface area contributed by atoms with Crippen molar-refractivity contribution in [2.24, 2.45) is 10.9 Å². The van der Waals surface area contributed by atoms with Crippen LogP contribution in [0.25, 0.3) is 0 Å². The van der Waals surface area contributed by atoms with Gasteiger partial charge in [0.25, 0.3) is 0 Å². The highest BCUT2D eigenvalue weighted by Crippen LogP contribution is 2.31. The van der Waals surface area contributed by atoms with Gasteiger partial charge < -0.3 is 20.7 Å². The first-order valence-electron chi connectivity index (χ1n) is 10.2. The Balaban J connectivity index is 1.93. The molecule has 1 aliphatic heterocycles. The van der Waals surface area contributed by atoms with E-state index in [1.165, 1.54) is 18.4 Å². The molecule has 0 saturated carbocycles. The molecule has 28 heavy (non-hydrogen) atoms. The zero-order chi connectivity index (χ0) is 20.4. The first-order chi connectivity index (χ1) is 13.6. The van der Waals surface area contributed by atoms with Gasteiger partial charge in [0, 0.05) is 38.2 Å². The summed E-state index contributed by atoms with van der Waals surface area (Å²) in [4.78, 5) is 18.4. The molecule has 1 fully saturated rings. The van der Waals surface area contributed by atoms with E-state index in [0.29, 0.717) is 13.1 Å². The zero-order valence-electron chi connectivity index (χ0n) is 17.6. The fraction of sp³-hybridized carbons (Fsp3) is 0.619. The second kappa shape index (κ2) is 11.5. The molecule has 0 aromatic heterocycles. The summed E-state index contributed by atoms with van der Waals surface area (Å²) >= 11 is 0. The fourth-order valence-electron chi connectivity index (χ4n) is 3.42. The number of hydrogen-bond acceptors (Lipinski definition) is 4. The number of para-hydroxylation sites is 1. The molecule has 3 N–H and O–H groups in total. The Morgan fingerprint density at radius 3 is 2.46 bits per heavy atom. The Labute approximate surface area is 168 Å². The van der Waals surface area contributed by atoms with Crippen molar-refractivity contribution in [1.29, 1.82) is 0 Å². The number of hydrogen-bond donors (Lipinski definition) is 3. The maximum absolute atomic E-state index is 11.6. The zero-order valence-corrected chi connectivity index (χ0v) is 17.6. The molecular weight excluding hydrogens is 354 g/mol. The van der Waals surface area contributed by atoms with E-state index in [2.05, 4.69) is 38.0 Å². The highest BCUT2D eigenvalue weighted by atomic mass is 16.5. The van der Waals surface area contributed by atoms with E-state index in [1.54, 1.807) is 14.2 Å². The van der Waals surface area contributed by atoms with Crippen molar-refractivity contribution in [3.8, 4) is 5.75 Å². The molecule has 0 bridgehead atoms. The van der Waals surface area contributed by atoms with Crippen LogP contribution in [-0.4, -0.2) is 63.6 Å². The largest absolute Gasteiger partial charge is 0.496 e. The molecule has 2 rings (SSSR count). The van der Waals surface area contributed by atoms with Crippen LogP contribution in [0.3, 0.4) is 0 Å². The van der Waals surface area contributed by atoms with Gasteiger partial charge in [-0.2, -0.15) is 0 Å². The van der Waals surface area contributed by atoms with Crippen LogP contribution in [0.5, 0.6) is 5.75 Å². The molecule has 1 aromatic rings. The van der Waals surface area contributed by atoms with E-state index in [0.717, 1.165) is 31.3 Å². The van der Waals surface area contributed by atoms with Crippen molar-refractivity contribution in [3.63, 3.8) is 0 Å². The smallest absolute Gasteiger partial charge is 0.222 e. The summed E-state index contributed by atoms with van der Waals surface area (Å²) in [5.41, 5.74) is 1.19. The van der Waals surface area contributed by atoms with Crippen LogP contribution in [-0.2, 0) is 4.79 Å². The van der Waals surface area contributed by atoms with Gasteiger partial charge in [0.05, 0.1) is 13.2 Å². The molecule has 1 atom stereocenters. The van der Waals surface area contributed by atoms with Crippen molar-refractivity contribution in [1.82, 2.24) is 20.9 Å². The number of aliphatic imine (C=N–C) groups is 1. The lowest BCUT2D eigenvalue weighted by atomic mass is 10.0. The monoisotopic (exact) mass is 389 g/mol. The number of nitrogens with zero attached hydrogens (tertiary/aromatic N) is 2. The molecule has 7 heteroatoms. The summed E-state index contributed by atoms with van der Waals surface area (Å²) in [5, 5.41) is 9.60. The molecule has 0 radical (unpaired) electrons. The summed E-state index contributed by atoms with van der Waals surface area (Å²) in [5.74, 6) is 1.72. The number of carbonyl (C=O) groups is 1. The number of nitrogens with one attached hydrogen (secondary N) is 3. The third kappa shape index (κ3) is 6.41. The van der Waals surface area contributed by atoms with E-state index in [1.807, 2.05) is 26.0 Å². The number of ether oxygens (including phenoxy) is 1. The van der Waals surface area contributed by atoms with Crippen LogP contribution < -0.4 is 20.7 Å². The quantitative estimate of drug-likeness (QED) is 0.341. The van der Waals surface area contributed by atoms with Crippen LogP contribution in [0.4, 0.5) is 0 Å². The summed E-state index contributed by atoms with van der Waals surface area (Å²) in [6.07, 6.45) is 2.46. The maximum Gasteiger partial charge on any atom is 0.222 e. The van der Waals surface area contributed by atoms with Crippen LogP contribution in [0, 0.1) is 5.92 Å². The molecule has 0 spiro atoms. The van der Waals surface area contributed by atoms with Crippen LogP contribution in [0.2, 0.25) is 0 Å². The lowest BCUT2D eigenvalue weighted by Gasteiger charge is -2.30. The topological polar surface area (TPSA) is 78.0 Å². The summed E-state index contributed by atoms with van der Waals surface area (Å²) < 4.78 is 5.60. The molecule has 1 aliphatic rings. The van der Waals surface area contributed by atoms with Gasteiger partial charge in [-0.15, -0.1) is 0 Å². The van der Waals surface area contributed by atoms with Gasteiger partial charge in [-0.05, 0) is 32.0 Å². The van der Waals surface area contributed by atoms with Gasteiger partial charge in [0.2, 0.25) is 5.91 Å². The molecule has 1 aromatic carbocycles. The predicted octanol–water partition coefficient (Wildman–Crippen LogP) is 1.77. The summed E-state index contributed by atoms with van der Waals surface area (Å²) in [6, 6.07) is 8.44. The van der Waals surface area contributed by atoms with Crippen LogP contribution in [0.1, 0.15) is 38.3 Å². The molecule has 1 saturated heterocycles. The molecule has 0 aliphatic carbocycles. The lowest BCUT2D eigenvalue weighted by molar-refractivity contribution is -0.123. The first kappa shape index (κ1) is 22.0. The minimum Gasteiger partial charge on any atom is -0.496 e. The fourth-order valence-corrected chi connectivity index (χ4v) is 3.42. The Kier molecular flexibility index (Phi) is 9.07. The van der Waals surface area contributed by atoms with Gasteiger partial charge in [-0.25, -0.2) is 0 Å². The highest BCUT2D eigenvalue weighted by molar-refractivity contribution is 5.80. The maximum atomic E-state index is 11.6. The van der Waals surface area contributed by atoms with Crippen molar-refractivity contribution in [2.75, 3.05) is 46.9 Å². The number of likely N-dealkylation sites (tertiary alicyclic amines) is 1. The van der Waals surface area contributed by atoms with Crippen molar-refractivity contribution in [3.05, 3.63) is 29.8 Å². The molecule has 1 heterocycles. The second-order valence-electron chi connectivity index (χ2n) is 7.33. The Hall–Kier alpha value is -2.28. The molecule has 1 amide bonds. The minimum atomic E-state index is -0.000454. The number of amides is 1. The average Bonchev–Trinajstić information content (AvgIpc) is 3.24. The van der Waals surface area contributed by atoms with E-state index >= 15 is 0 Å². The van der Waals surface area contributed by atoms with Crippen LogP contribution >= 0.6 is 0 Å². The highest BCUT2D eigenvalue weighted by Gasteiger charge is 2.26. The van der Waals surface area contributed by atoms with E-state index in [9.17, 15) is 4.79 Å². The second-order valence-corrected chi connectivity index (χ2v) is 7.33. The standard InChI is InChI=1S/C21H35N5O2/c1-16(2)20(27)23-11-12-24-21(22-3)25-15-18(26-13-7-8-14-26)17-9-5-6-10-19(17)28-4/h5-6,9-10,16,18H,7-8,11-15H2,1-4H3,(H,23,27)(H2,22,24,25). The van der Waals surface area contributed by atoms with Gasteiger partial charge in [-0.3, -0.25) is 14.7 Å². The van der Waals surface area contributed by atoms with Crippen molar-refractivity contribution >= 4 is 11.9 Å². The molecule has 156 valence electrons. The number of rotatable bonds is 9. The number of carbonyl (C=O) groups excluding carboxylic acids is 1. The van der Waals surface area contributed by atoms with Crippen molar-refractivity contribution < 1.29 is 9.53 Å². The molecular formula is C21H35N5O2. The number of benzene rings is 1. The number of methoxy groups -OCH3 is 1. The summed E-state index contributed by atoms with van der Waals surface area (Å²) in [7, 11) is 3.48. The van der Waals surface area contributed by atoms with Crippen molar-refractivity contribution in [2.45, 2.75) is 32.7 Å². The van der Waals surface area contributed by atoms with E-state index in [-0.39, 0.29) is 17.9 Å². The minimum absolute atomic E-state index is 0.000454. The Morgan fingerprint density at radius 1 is 1.14 bits per heavy atom. The van der Waals surface area contributed by atoms with E-state index < -0.39 is 0 Å². The van der Waals surface area contributed by atoms with Crippen LogP contribution in [0.15, 0.2) is 29.3 Å². The molecule has 1 unspecified atom stereocenters. The number of guanidine groups is 1. The lowest BCUT2D eigenvalue weighted by Crippen LogP contribution is -2.45. The predicted molar refractivity (Wildman–Crippen MR) is 114 cm³/mol. The normalized spacial score (nSPS) is 16.1. The first-order valence-corrected chi connectivity index (χ1v) is 10.2. The van der Waals surface area contributed by atoms with Gasteiger partial charge >= 0.3 is 0 Å². The Morgan fingerprint density at radius 2 is 1.82 bits per heavy atom. The van der Waals surface area contributed by atoms with Gasteiger partial charge in [-0.1, -0.05) is 32.0 Å². The summed E-state index contributed by atoms with van der Waals surface area (Å²) in [6.45, 7) is 7.90. The third-order valence-electron chi connectivity index (χ3n) is 5.01. The van der Waals surface area contributed by atoms with Gasteiger partial charge in [0.15, 0.2) is 5.96 Å². The SMILES string of the molecule is CN=C(NCCNC(=O)C(C)C)NCC(c1ccccc1OC)N1CCCC1. The van der Waals surface area contributed by atoms with Gasteiger partial charge in [0.1, 0.15) is 5.75 Å².